The first kappa shape index (κ1) is 23.2. The molecule has 0 unspecified atom stereocenters. The molecule has 6 nitrogen and oxygen atoms in total. The normalized spacial score (nSPS) is 15.3. The van der Waals surface area contributed by atoms with Gasteiger partial charge in [0, 0.05) is 30.0 Å². The second-order valence-corrected chi connectivity index (χ2v) is 10.0. The van der Waals surface area contributed by atoms with E-state index in [1.54, 1.807) is 12.1 Å². The Morgan fingerprint density at radius 1 is 1.20 bits per heavy atom. The van der Waals surface area contributed by atoms with E-state index in [4.69, 9.17) is 4.98 Å². The van der Waals surface area contributed by atoms with Crippen molar-refractivity contribution in [1.82, 2.24) is 15.3 Å². The van der Waals surface area contributed by atoms with Crippen molar-refractivity contribution in [3.63, 3.8) is 0 Å². The SMILES string of the molecule is Cc1cccc(-c2csc3c(=O)[nH]c(N4CCC(C(=O)N[C@@H](C)c5ccc(F)cc5)CC4)nc23)c1. The zero-order valence-electron chi connectivity index (χ0n) is 19.7. The van der Waals surface area contributed by atoms with Gasteiger partial charge < -0.3 is 10.2 Å². The maximum Gasteiger partial charge on any atom is 0.270 e. The second kappa shape index (κ2) is 9.62. The monoisotopic (exact) mass is 490 g/mol. The summed E-state index contributed by atoms with van der Waals surface area (Å²) in [6.45, 7) is 5.20. The fraction of sp³-hybridized carbons (Fsp3) is 0.296. The van der Waals surface area contributed by atoms with Gasteiger partial charge in [-0.15, -0.1) is 11.3 Å². The number of aromatic amines is 1. The van der Waals surface area contributed by atoms with Gasteiger partial charge >= 0.3 is 0 Å². The molecule has 1 aliphatic heterocycles. The van der Waals surface area contributed by atoms with Crippen LogP contribution >= 0.6 is 11.3 Å². The molecule has 1 atom stereocenters. The predicted octanol–water partition coefficient (Wildman–Crippen LogP) is 5.19. The molecule has 1 fully saturated rings. The number of carbonyl (C=O) groups excluding carboxylic acids is 1. The zero-order chi connectivity index (χ0) is 24.5. The van der Waals surface area contributed by atoms with Crippen LogP contribution < -0.4 is 15.8 Å². The lowest BCUT2D eigenvalue weighted by Crippen LogP contribution is -2.42. The first-order valence-electron chi connectivity index (χ1n) is 11.8. The molecule has 0 aliphatic carbocycles. The molecular formula is C27H27FN4O2S. The van der Waals surface area contributed by atoms with Crippen LogP contribution in [0.25, 0.3) is 21.3 Å². The lowest BCUT2D eigenvalue weighted by molar-refractivity contribution is -0.126. The van der Waals surface area contributed by atoms with Crippen LogP contribution in [0.2, 0.25) is 0 Å². The first-order valence-corrected chi connectivity index (χ1v) is 12.7. The van der Waals surface area contributed by atoms with Crippen molar-refractivity contribution in [3.8, 4) is 11.1 Å². The van der Waals surface area contributed by atoms with Gasteiger partial charge in [-0.05, 0) is 49.9 Å². The summed E-state index contributed by atoms with van der Waals surface area (Å²) in [6, 6.07) is 14.2. The van der Waals surface area contributed by atoms with Crippen LogP contribution in [0.15, 0.2) is 58.7 Å². The van der Waals surface area contributed by atoms with E-state index in [1.807, 2.05) is 42.3 Å². The molecule has 2 aromatic heterocycles. The Bertz CT molecular complexity index is 1420. The Kier molecular flexibility index (Phi) is 6.38. The highest BCUT2D eigenvalue weighted by atomic mass is 32.1. The summed E-state index contributed by atoms with van der Waals surface area (Å²) >= 11 is 1.41. The molecular weight excluding hydrogens is 463 g/mol. The number of amides is 1. The molecule has 35 heavy (non-hydrogen) atoms. The Morgan fingerprint density at radius 2 is 1.94 bits per heavy atom. The van der Waals surface area contributed by atoms with Crippen molar-refractivity contribution in [1.29, 1.82) is 0 Å². The number of H-pyrrole nitrogens is 1. The summed E-state index contributed by atoms with van der Waals surface area (Å²) in [6.07, 6.45) is 1.33. The Labute approximate surface area is 206 Å². The number of carbonyl (C=O) groups is 1. The van der Waals surface area contributed by atoms with E-state index in [2.05, 4.69) is 16.4 Å². The number of aromatic nitrogens is 2. The molecule has 8 heteroatoms. The van der Waals surface area contributed by atoms with E-state index < -0.39 is 0 Å². The number of thiophene rings is 1. The van der Waals surface area contributed by atoms with Crippen LogP contribution in [0.4, 0.5) is 10.3 Å². The largest absolute Gasteiger partial charge is 0.349 e. The number of fused-ring (bicyclic) bond motifs is 1. The molecule has 1 aliphatic rings. The number of benzene rings is 2. The molecule has 5 rings (SSSR count). The number of halogens is 1. The standard InChI is InChI=1S/C27H27FN4O2S/c1-16-4-3-5-20(14-16)22-15-35-24-23(22)30-27(31-26(24)34)32-12-10-19(11-13-32)25(33)29-17(2)18-6-8-21(28)9-7-18/h3-9,14-15,17,19H,10-13H2,1-2H3,(H,29,33)(H,30,31,34)/t17-/m0/s1. The number of nitrogens with zero attached hydrogens (tertiary/aromatic N) is 2. The maximum atomic E-state index is 13.2. The van der Waals surface area contributed by atoms with E-state index in [9.17, 15) is 14.0 Å². The van der Waals surface area contributed by atoms with Crippen molar-refractivity contribution in [2.45, 2.75) is 32.7 Å². The van der Waals surface area contributed by atoms with Gasteiger partial charge in [-0.25, -0.2) is 9.37 Å². The molecule has 3 heterocycles. The fourth-order valence-electron chi connectivity index (χ4n) is 4.60. The van der Waals surface area contributed by atoms with Crippen molar-refractivity contribution >= 4 is 33.4 Å². The minimum absolute atomic E-state index is 0.00190. The van der Waals surface area contributed by atoms with E-state index in [0.29, 0.717) is 42.1 Å². The summed E-state index contributed by atoms with van der Waals surface area (Å²) in [5, 5.41) is 5.04. The number of anilines is 1. The quantitative estimate of drug-likeness (QED) is 0.403. The lowest BCUT2D eigenvalue weighted by atomic mass is 9.95. The topological polar surface area (TPSA) is 78.1 Å². The Morgan fingerprint density at radius 3 is 2.66 bits per heavy atom. The van der Waals surface area contributed by atoms with Gasteiger partial charge in [0.15, 0.2) is 0 Å². The number of hydrogen-bond acceptors (Lipinski definition) is 5. The van der Waals surface area contributed by atoms with Crippen molar-refractivity contribution in [3.05, 3.63) is 81.2 Å². The second-order valence-electron chi connectivity index (χ2n) is 9.13. The first-order chi connectivity index (χ1) is 16.9. The number of nitrogens with one attached hydrogen (secondary N) is 2. The molecule has 2 N–H and O–H groups in total. The molecule has 0 spiro atoms. The number of aryl methyl sites for hydroxylation is 1. The minimum atomic E-state index is -0.294. The predicted molar refractivity (Wildman–Crippen MR) is 138 cm³/mol. The average molecular weight is 491 g/mol. The third-order valence-electron chi connectivity index (χ3n) is 6.64. The molecule has 4 aromatic rings. The fourth-order valence-corrected chi connectivity index (χ4v) is 5.51. The van der Waals surface area contributed by atoms with Crippen molar-refractivity contribution in [2.75, 3.05) is 18.0 Å². The van der Waals surface area contributed by atoms with Crippen LogP contribution in [0.3, 0.4) is 0 Å². The summed E-state index contributed by atoms with van der Waals surface area (Å²) < 4.78 is 13.8. The number of rotatable bonds is 5. The van der Waals surface area contributed by atoms with Crippen LogP contribution in [-0.4, -0.2) is 29.0 Å². The molecule has 0 radical (unpaired) electrons. The highest BCUT2D eigenvalue weighted by Crippen LogP contribution is 2.32. The molecule has 1 amide bonds. The average Bonchev–Trinajstić information content (AvgIpc) is 3.29. The van der Waals surface area contributed by atoms with Crippen molar-refractivity contribution in [2.24, 2.45) is 5.92 Å². The number of piperidine rings is 1. The van der Waals surface area contributed by atoms with Crippen LogP contribution in [0, 0.1) is 18.7 Å². The van der Waals surface area contributed by atoms with Gasteiger partial charge in [0.05, 0.1) is 11.6 Å². The highest BCUT2D eigenvalue weighted by Gasteiger charge is 2.27. The number of hydrogen-bond donors (Lipinski definition) is 2. The van der Waals surface area contributed by atoms with E-state index in [0.717, 1.165) is 22.3 Å². The highest BCUT2D eigenvalue weighted by molar-refractivity contribution is 7.17. The van der Waals surface area contributed by atoms with E-state index in [1.165, 1.54) is 23.5 Å². The smallest absolute Gasteiger partial charge is 0.270 e. The minimum Gasteiger partial charge on any atom is -0.349 e. The summed E-state index contributed by atoms with van der Waals surface area (Å²) in [5.41, 5.74) is 4.61. The van der Waals surface area contributed by atoms with Gasteiger partial charge in [0.2, 0.25) is 11.9 Å². The molecule has 180 valence electrons. The van der Waals surface area contributed by atoms with Crippen LogP contribution in [-0.2, 0) is 4.79 Å². The van der Waals surface area contributed by atoms with E-state index >= 15 is 0 Å². The lowest BCUT2D eigenvalue weighted by Gasteiger charge is -2.32. The van der Waals surface area contributed by atoms with Gasteiger partial charge in [0.25, 0.3) is 5.56 Å². The molecule has 0 saturated carbocycles. The van der Waals surface area contributed by atoms with Crippen LogP contribution in [0.1, 0.15) is 36.9 Å². The summed E-state index contributed by atoms with van der Waals surface area (Å²) in [4.78, 5) is 35.5. The zero-order valence-corrected chi connectivity index (χ0v) is 20.5. The maximum absolute atomic E-state index is 13.2. The third kappa shape index (κ3) is 4.84. The Hall–Kier alpha value is -3.52. The van der Waals surface area contributed by atoms with Crippen molar-refractivity contribution < 1.29 is 9.18 Å². The summed E-state index contributed by atoms with van der Waals surface area (Å²) in [5.74, 6) is 0.137. The molecule has 1 saturated heterocycles. The van der Waals surface area contributed by atoms with Gasteiger partial charge in [-0.3, -0.25) is 14.6 Å². The molecule has 0 bridgehead atoms. The van der Waals surface area contributed by atoms with E-state index in [-0.39, 0.29) is 29.2 Å². The van der Waals surface area contributed by atoms with Gasteiger partial charge in [0.1, 0.15) is 10.5 Å². The van der Waals surface area contributed by atoms with Gasteiger partial charge in [-0.1, -0.05) is 42.0 Å². The Balaban J connectivity index is 1.29. The van der Waals surface area contributed by atoms with Gasteiger partial charge in [-0.2, -0.15) is 0 Å². The van der Waals surface area contributed by atoms with Crippen LogP contribution in [0.5, 0.6) is 0 Å². The third-order valence-corrected chi connectivity index (χ3v) is 7.61. The summed E-state index contributed by atoms with van der Waals surface area (Å²) in [7, 11) is 0. The molecule has 2 aromatic carbocycles.